The number of rotatable bonds is 28. The van der Waals surface area contributed by atoms with Crippen LogP contribution in [0.3, 0.4) is 0 Å². The first kappa shape index (κ1) is 51.4. The summed E-state index contributed by atoms with van der Waals surface area (Å²) >= 11 is -11.2. The number of unbranched alkanes of at least 4 members (excludes halogenated alkanes) is 13. The van der Waals surface area contributed by atoms with E-state index in [1.54, 1.807) is 6.92 Å². The monoisotopic (exact) mass is 1030 g/mol. The molecule has 5 unspecified atom stereocenters. The van der Waals surface area contributed by atoms with E-state index in [-0.39, 0.29) is 34.6 Å². The zero-order valence-electron chi connectivity index (χ0n) is 35.1. The second-order valence-electron chi connectivity index (χ2n) is 15.9. The van der Waals surface area contributed by atoms with E-state index in [2.05, 4.69) is 13.8 Å². The molecule has 0 amide bonds. The molecule has 57 heavy (non-hydrogen) atoms. The second-order valence-corrected chi connectivity index (χ2v) is 30.1. The second kappa shape index (κ2) is 25.2. The van der Waals surface area contributed by atoms with Gasteiger partial charge in [0, 0.05) is 0 Å². The van der Waals surface area contributed by atoms with E-state index in [1.165, 1.54) is 0 Å². The van der Waals surface area contributed by atoms with Crippen LogP contribution in [0.2, 0.25) is 8.87 Å². The van der Waals surface area contributed by atoms with Gasteiger partial charge in [-0.05, 0) is 0 Å². The van der Waals surface area contributed by atoms with Gasteiger partial charge >= 0.3 is 352 Å². The van der Waals surface area contributed by atoms with Gasteiger partial charge in [-0.1, -0.05) is 0 Å². The van der Waals surface area contributed by atoms with Crippen molar-refractivity contribution < 1.29 is 62.5 Å². The number of aliphatic hydroxyl groups is 3. The molecule has 15 nitrogen and oxygen atoms in total. The maximum atomic E-state index is 14.2. The summed E-state index contributed by atoms with van der Waals surface area (Å²) in [5.41, 5.74) is -6.94. The fraction of sp³-hybridized carbons (Fsp3) is 0.850. The minimum atomic E-state index is -5.65. The Balaban J connectivity index is 2.45. The molecule has 328 valence electrons. The SMILES string of the molecule is CCCCCCC[CH2][Sn]1([O]C(=O)CC(O)(CCCC)C(=O)[O][Sn]2([CH2]CCCCCCC)[O]C(=O)CC(O)(CCCC)C(=O)[O]2)[O]C(=O)CC(O)(CCCC)C(=O)[O]1. The van der Waals surface area contributed by atoms with Gasteiger partial charge in [0.05, 0.1) is 0 Å². The standard InChI is InChI=1S/3C8H14O5.2C8H17.2Sn/c3*1-2-3-4-8(13,7(11)12)5-6(9)10;2*1-3-5-7-8-6-4-2;;/h3*13H,2-5H2,1H3,(H,9,10)(H,11,12);2*1,3-8H2,2H3;;/q;;;;;2*+3/p-6. The van der Waals surface area contributed by atoms with Crippen molar-refractivity contribution in [2.45, 2.75) is 214 Å². The third kappa shape index (κ3) is 16.7. The quantitative estimate of drug-likeness (QED) is 0.0542. The Morgan fingerprint density at radius 3 is 1.39 bits per heavy atom. The topological polar surface area (TPSA) is 218 Å². The van der Waals surface area contributed by atoms with Crippen LogP contribution in [0.25, 0.3) is 0 Å². The van der Waals surface area contributed by atoms with Crippen LogP contribution in [0, 0.1) is 0 Å². The molecule has 0 aliphatic carbocycles. The van der Waals surface area contributed by atoms with Crippen molar-refractivity contribution in [1.82, 2.24) is 0 Å². The fourth-order valence-corrected chi connectivity index (χ4v) is 20.9. The molecular weight excluding hydrogens is 958 g/mol. The molecule has 2 aliphatic heterocycles. The van der Waals surface area contributed by atoms with Crippen LogP contribution in [0.4, 0.5) is 0 Å². The summed E-state index contributed by atoms with van der Waals surface area (Å²) in [6, 6.07) is 0. The van der Waals surface area contributed by atoms with Crippen molar-refractivity contribution in [3.8, 4) is 0 Å². The molecule has 0 aromatic rings. The van der Waals surface area contributed by atoms with Crippen molar-refractivity contribution in [3.05, 3.63) is 0 Å². The number of carbonyl (C=O) groups excluding carboxylic acids is 6. The van der Waals surface area contributed by atoms with Crippen LogP contribution in [-0.4, -0.2) is 107 Å². The first-order chi connectivity index (χ1) is 27.0. The van der Waals surface area contributed by atoms with Crippen LogP contribution in [-0.2, 0) is 47.2 Å². The van der Waals surface area contributed by atoms with Crippen LogP contribution >= 0.6 is 0 Å². The van der Waals surface area contributed by atoms with E-state index in [4.69, 9.17) is 18.4 Å². The van der Waals surface area contributed by atoms with Crippen LogP contribution < -0.4 is 0 Å². The molecule has 5 atom stereocenters. The molecule has 17 heteroatoms. The molecule has 2 rings (SSSR count). The molecule has 2 fully saturated rings. The summed E-state index contributed by atoms with van der Waals surface area (Å²) in [5, 5.41) is 34.3. The Kier molecular flexibility index (Phi) is 22.7. The van der Waals surface area contributed by atoms with E-state index in [9.17, 15) is 44.1 Å². The van der Waals surface area contributed by atoms with Gasteiger partial charge < -0.3 is 0 Å². The Morgan fingerprint density at radius 1 is 0.579 bits per heavy atom. The van der Waals surface area contributed by atoms with Gasteiger partial charge in [-0.2, -0.15) is 0 Å². The van der Waals surface area contributed by atoms with Gasteiger partial charge in [-0.25, -0.2) is 0 Å². The summed E-state index contributed by atoms with van der Waals surface area (Å²) in [7, 11) is 0. The number of carbonyl (C=O) groups is 6. The van der Waals surface area contributed by atoms with Gasteiger partial charge in [0.15, 0.2) is 0 Å². The Morgan fingerprint density at radius 2 is 0.965 bits per heavy atom. The summed E-state index contributed by atoms with van der Waals surface area (Å²) < 4.78 is 34.5. The van der Waals surface area contributed by atoms with Crippen LogP contribution in [0.5, 0.6) is 0 Å². The molecule has 0 aromatic heterocycles. The Hall–Kier alpha value is -1.70. The van der Waals surface area contributed by atoms with Crippen molar-refractivity contribution in [2.75, 3.05) is 0 Å². The van der Waals surface area contributed by atoms with Crippen LogP contribution in [0.1, 0.15) is 189 Å². The third-order valence-electron chi connectivity index (χ3n) is 10.5. The average molecular weight is 1030 g/mol. The Bertz CT molecular complexity index is 1330. The maximum absolute atomic E-state index is 14.2. The molecule has 2 aliphatic rings. The number of hydrogen-bond acceptors (Lipinski definition) is 15. The van der Waals surface area contributed by atoms with E-state index < -0.39 is 111 Å². The van der Waals surface area contributed by atoms with Crippen molar-refractivity contribution in [1.29, 1.82) is 0 Å². The summed E-state index contributed by atoms with van der Waals surface area (Å²) in [5.74, 6) is -6.72. The van der Waals surface area contributed by atoms with Gasteiger partial charge in [0.1, 0.15) is 0 Å². The normalized spacial score (nSPS) is 26.2. The molecule has 0 spiro atoms. The Labute approximate surface area is 350 Å². The van der Waals surface area contributed by atoms with Crippen LogP contribution in [0.15, 0.2) is 0 Å². The first-order valence-electron chi connectivity index (χ1n) is 21.5. The number of hydrogen-bond donors (Lipinski definition) is 3. The van der Waals surface area contributed by atoms with E-state index >= 15 is 0 Å². The minimum absolute atomic E-state index is 0.0591. The molecule has 0 bridgehead atoms. The molecule has 2 saturated heterocycles. The van der Waals surface area contributed by atoms with Gasteiger partial charge in [-0.15, -0.1) is 0 Å². The van der Waals surface area contributed by atoms with E-state index in [0.29, 0.717) is 57.8 Å². The van der Waals surface area contributed by atoms with E-state index in [1.807, 2.05) is 13.8 Å². The van der Waals surface area contributed by atoms with Crippen molar-refractivity contribution in [2.24, 2.45) is 0 Å². The predicted molar refractivity (Wildman–Crippen MR) is 212 cm³/mol. The van der Waals surface area contributed by atoms with Gasteiger partial charge in [0.2, 0.25) is 0 Å². The molecule has 2 heterocycles. The van der Waals surface area contributed by atoms with Crippen molar-refractivity contribution in [3.63, 3.8) is 0 Å². The molecule has 0 radical (unpaired) electrons. The first-order valence-corrected chi connectivity index (χ1v) is 32.5. The zero-order valence-corrected chi connectivity index (χ0v) is 40.8. The fourth-order valence-electron chi connectivity index (χ4n) is 6.92. The molecule has 0 aromatic carbocycles. The molecule has 3 N–H and O–H groups in total. The van der Waals surface area contributed by atoms with Gasteiger partial charge in [0.25, 0.3) is 0 Å². The molecular formula is C40H70O15Sn2. The zero-order chi connectivity index (χ0) is 42.6. The summed E-state index contributed by atoms with van der Waals surface area (Å²) in [6.45, 7) is 9.66. The third-order valence-corrected chi connectivity index (χ3v) is 24.9. The summed E-state index contributed by atoms with van der Waals surface area (Å²) in [4.78, 5) is 81.3. The van der Waals surface area contributed by atoms with E-state index in [0.717, 1.165) is 51.4 Å². The average Bonchev–Trinajstić information content (AvgIpc) is 3.29. The van der Waals surface area contributed by atoms with Gasteiger partial charge in [-0.3, -0.25) is 0 Å². The molecule has 0 saturated carbocycles. The van der Waals surface area contributed by atoms with Crippen molar-refractivity contribution >= 4 is 75.1 Å². The summed E-state index contributed by atoms with van der Waals surface area (Å²) in [6.07, 6.45) is 9.66. The predicted octanol–water partition coefficient (Wildman–Crippen LogP) is 6.81.